The van der Waals surface area contributed by atoms with Crippen LogP contribution in [0.15, 0.2) is 29.1 Å². The molecule has 0 N–H and O–H groups in total. The van der Waals surface area contributed by atoms with Gasteiger partial charge in [0, 0.05) is 39.7 Å². The number of halogens is 2. The van der Waals surface area contributed by atoms with Gasteiger partial charge in [0.2, 0.25) is 0 Å². The maximum absolute atomic E-state index is 14.0. The van der Waals surface area contributed by atoms with Crippen LogP contribution in [-0.2, 0) is 0 Å². The number of imide groups is 1. The number of hydrogen-bond acceptors (Lipinski definition) is 4. The van der Waals surface area contributed by atoms with E-state index in [4.69, 9.17) is 0 Å². The average Bonchev–Trinajstić information content (AvgIpc) is 2.91. The Morgan fingerprint density at radius 1 is 0.880 bits per heavy atom. The van der Waals surface area contributed by atoms with E-state index in [-0.39, 0.29) is 22.2 Å². The Balaban J connectivity index is 2.15. The number of nitrogens with zero attached hydrogens (tertiary/aromatic N) is 3. The van der Waals surface area contributed by atoms with Crippen LogP contribution in [0.1, 0.15) is 20.7 Å². The summed E-state index contributed by atoms with van der Waals surface area (Å²) in [5.74, 6) is -3.75. The van der Waals surface area contributed by atoms with Crippen molar-refractivity contribution in [2.45, 2.75) is 0 Å². The number of pyridine rings is 1. The van der Waals surface area contributed by atoms with Gasteiger partial charge >= 0.3 is 0 Å². The number of benzene rings is 2. The lowest BCUT2D eigenvalue weighted by atomic mass is 9.90. The molecule has 1 aliphatic heterocycles. The lowest BCUT2D eigenvalue weighted by Crippen LogP contribution is -2.37. The minimum atomic E-state index is -1.38. The van der Waals surface area contributed by atoms with Gasteiger partial charge in [-0.05, 0) is 24.3 Å². The van der Waals surface area contributed by atoms with Crippen molar-refractivity contribution in [1.82, 2.24) is 14.3 Å². The lowest BCUT2D eigenvalue weighted by Gasteiger charge is -2.24. The first kappa shape index (κ1) is 14.0. The highest BCUT2D eigenvalue weighted by atomic mass is 19.2. The summed E-state index contributed by atoms with van der Waals surface area (Å²) in [6.07, 6.45) is 0. The molecule has 0 saturated carbocycles. The predicted octanol–water partition coefficient (Wildman–Crippen LogP) is 1.94. The molecule has 3 heterocycles. The van der Waals surface area contributed by atoms with Crippen molar-refractivity contribution >= 4 is 39.0 Å². The van der Waals surface area contributed by atoms with Gasteiger partial charge < -0.3 is 0 Å². The highest BCUT2D eigenvalue weighted by Crippen LogP contribution is 2.36. The largest absolute Gasteiger partial charge is 0.277 e. The number of imidazole rings is 1. The monoisotopic (exact) mass is 339 g/mol. The Morgan fingerprint density at radius 2 is 1.48 bits per heavy atom. The van der Waals surface area contributed by atoms with E-state index < -0.39 is 29.3 Å². The molecule has 0 saturated heterocycles. The van der Waals surface area contributed by atoms with Crippen LogP contribution in [0.2, 0.25) is 0 Å². The van der Waals surface area contributed by atoms with E-state index in [9.17, 15) is 23.2 Å². The van der Waals surface area contributed by atoms with Crippen molar-refractivity contribution in [2.24, 2.45) is 0 Å². The molecule has 2 amide bonds. The highest BCUT2D eigenvalue weighted by Gasteiger charge is 2.32. The fourth-order valence-corrected chi connectivity index (χ4v) is 3.53. The van der Waals surface area contributed by atoms with E-state index >= 15 is 0 Å². The molecule has 1 aliphatic rings. The van der Waals surface area contributed by atoms with Crippen LogP contribution in [0, 0.1) is 11.9 Å². The van der Waals surface area contributed by atoms with Gasteiger partial charge in [-0.15, -0.1) is 0 Å². The van der Waals surface area contributed by atoms with Crippen LogP contribution in [-0.4, -0.2) is 33.1 Å². The third-order valence-electron chi connectivity index (χ3n) is 4.69. The molecule has 122 valence electrons. The van der Waals surface area contributed by atoms with Crippen molar-refractivity contribution < 1.29 is 18.4 Å². The zero-order valence-corrected chi connectivity index (χ0v) is 12.6. The van der Waals surface area contributed by atoms with Crippen LogP contribution < -0.4 is 5.56 Å². The second-order valence-electron chi connectivity index (χ2n) is 5.90. The molecule has 0 fully saturated rings. The van der Waals surface area contributed by atoms with E-state index in [1.165, 1.54) is 31.3 Å². The van der Waals surface area contributed by atoms with Crippen molar-refractivity contribution in [2.75, 3.05) is 7.05 Å². The number of rotatable bonds is 0. The maximum Gasteiger partial charge on any atom is 0.269 e. The van der Waals surface area contributed by atoms with E-state index in [1.54, 1.807) is 0 Å². The molecule has 0 unspecified atom stereocenters. The molecule has 0 aliphatic carbocycles. The van der Waals surface area contributed by atoms with Crippen molar-refractivity contribution in [3.05, 3.63) is 57.6 Å². The molecule has 0 radical (unpaired) electrons. The van der Waals surface area contributed by atoms with Crippen LogP contribution in [0.4, 0.5) is 8.78 Å². The van der Waals surface area contributed by atoms with E-state index in [0.717, 1.165) is 4.90 Å². The summed E-state index contributed by atoms with van der Waals surface area (Å²) >= 11 is 0. The van der Waals surface area contributed by atoms with Gasteiger partial charge in [0.15, 0.2) is 5.65 Å². The first-order valence-electron chi connectivity index (χ1n) is 7.32. The Morgan fingerprint density at radius 3 is 2.12 bits per heavy atom. The Kier molecular flexibility index (Phi) is 2.32. The maximum atomic E-state index is 14.0. The Bertz CT molecular complexity index is 1320. The molecule has 5 rings (SSSR count). The molecular weight excluding hydrogens is 332 g/mol. The molecule has 0 bridgehead atoms. The summed E-state index contributed by atoms with van der Waals surface area (Å²) < 4.78 is 28.2. The fourth-order valence-electron chi connectivity index (χ4n) is 3.53. The average molecular weight is 339 g/mol. The van der Waals surface area contributed by atoms with Crippen molar-refractivity contribution in [3.63, 3.8) is 0 Å². The van der Waals surface area contributed by atoms with Gasteiger partial charge in [-0.2, -0.15) is 13.8 Å². The third-order valence-corrected chi connectivity index (χ3v) is 4.69. The number of carbonyl (C=O) groups excluding carboxylic acids is 2. The Hall–Kier alpha value is -3.42. The molecule has 2 aromatic heterocycles. The Labute approximate surface area is 137 Å². The summed E-state index contributed by atoms with van der Waals surface area (Å²) in [4.78, 5) is 41.9. The van der Waals surface area contributed by atoms with Gasteiger partial charge in [-0.1, -0.05) is 0 Å². The molecule has 0 atom stereocenters. The van der Waals surface area contributed by atoms with Gasteiger partial charge in [-0.25, -0.2) is 4.40 Å². The van der Waals surface area contributed by atoms with Gasteiger partial charge in [0.1, 0.15) is 0 Å². The number of carbonyl (C=O) groups is 2. The van der Waals surface area contributed by atoms with Gasteiger partial charge in [0.25, 0.3) is 29.3 Å². The lowest BCUT2D eigenvalue weighted by molar-refractivity contribution is 0.0651. The van der Waals surface area contributed by atoms with Crippen LogP contribution in [0.3, 0.4) is 0 Å². The topological polar surface area (TPSA) is 71.8 Å². The number of fused-ring (bicyclic) bond motifs is 2. The summed E-state index contributed by atoms with van der Waals surface area (Å²) in [6, 6.07) is 5.76. The second kappa shape index (κ2) is 4.15. The number of hydrogen-bond donors (Lipinski definition) is 0. The molecule has 6 nitrogen and oxygen atoms in total. The first-order valence-corrected chi connectivity index (χ1v) is 7.32. The number of amides is 2. The summed E-state index contributed by atoms with van der Waals surface area (Å²) in [6.45, 7) is 0. The number of aromatic nitrogens is 2. The van der Waals surface area contributed by atoms with Gasteiger partial charge in [-0.3, -0.25) is 19.3 Å². The summed E-state index contributed by atoms with van der Waals surface area (Å²) in [5.41, 5.74) is -0.466. The fraction of sp³-hybridized carbons (Fsp3) is 0.0588. The normalized spacial score (nSPS) is 14.4. The summed E-state index contributed by atoms with van der Waals surface area (Å²) in [7, 11) is 1.37. The molecular formula is C17H7F2N3O3. The van der Waals surface area contributed by atoms with Crippen LogP contribution >= 0.6 is 0 Å². The SMILES string of the molecule is CN1C(=O)c2ccc3c(=O)n4c(F)c(F)nc4c4ccc(c2c34)C1=O. The van der Waals surface area contributed by atoms with Crippen molar-refractivity contribution in [1.29, 1.82) is 0 Å². The molecule has 2 aromatic carbocycles. The molecule has 0 spiro atoms. The van der Waals surface area contributed by atoms with E-state index in [0.29, 0.717) is 20.6 Å². The minimum absolute atomic E-state index is 0.0875. The van der Waals surface area contributed by atoms with Gasteiger partial charge in [0.05, 0.1) is 0 Å². The minimum Gasteiger partial charge on any atom is -0.277 e. The predicted molar refractivity (Wildman–Crippen MR) is 84.0 cm³/mol. The summed E-state index contributed by atoms with van der Waals surface area (Å²) in [5, 5.41) is 1.01. The van der Waals surface area contributed by atoms with E-state index in [2.05, 4.69) is 4.98 Å². The highest BCUT2D eigenvalue weighted by molar-refractivity contribution is 6.31. The smallest absolute Gasteiger partial charge is 0.269 e. The zero-order valence-electron chi connectivity index (χ0n) is 12.6. The second-order valence-corrected chi connectivity index (χ2v) is 5.90. The standard InChI is InChI=1S/C17H7F2N3O3/c1-21-15(23)7-3-2-6-10-9(5-4-8(11(7)10)16(21)24)17(25)22-13(19)12(18)20-14(6)22/h2-5H,1H3. The van der Waals surface area contributed by atoms with Crippen molar-refractivity contribution in [3.8, 4) is 0 Å². The first-order chi connectivity index (χ1) is 11.9. The van der Waals surface area contributed by atoms with E-state index in [1.807, 2.05) is 0 Å². The third kappa shape index (κ3) is 1.43. The van der Waals surface area contributed by atoms with Crippen LogP contribution in [0.25, 0.3) is 27.2 Å². The zero-order chi connectivity index (χ0) is 17.6. The quantitative estimate of drug-likeness (QED) is 0.459. The molecule has 25 heavy (non-hydrogen) atoms. The molecule has 8 heteroatoms. The van der Waals surface area contributed by atoms with Crippen LogP contribution in [0.5, 0.6) is 0 Å². The molecule has 4 aromatic rings.